The first-order chi connectivity index (χ1) is 13.6. The molecule has 1 saturated heterocycles. The van der Waals surface area contributed by atoms with Gasteiger partial charge in [0.05, 0.1) is 12.8 Å². The molecule has 1 fully saturated rings. The first kappa shape index (κ1) is 18.0. The highest BCUT2D eigenvalue weighted by atomic mass is 16.5. The van der Waals surface area contributed by atoms with E-state index in [1.807, 2.05) is 35.2 Å². The quantitative estimate of drug-likeness (QED) is 0.676. The zero-order valence-corrected chi connectivity index (χ0v) is 15.1. The number of aromatic nitrogens is 4. The topological polar surface area (TPSA) is 117 Å². The largest absolute Gasteiger partial charge is 0.465 e. The second-order valence-corrected chi connectivity index (χ2v) is 6.49. The summed E-state index contributed by atoms with van der Waals surface area (Å²) in [6.45, 7) is 2.22. The monoisotopic (exact) mass is 384 g/mol. The zero-order chi connectivity index (χ0) is 19.5. The van der Waals surface area contributed by atoms with E-state index in [-0.39, 0.29) is 12.3 Å². The van der Waals surface area contributed by atoms with Gasteiger partial charge in [-0.2, -0.15) is 5.10 Å². The second-order valence-electron chi connectivity index (χ2n) is 6.49. The van der Waals surface area contributed by atoms with Gasteiger partial charge in [-0.05, 0) is 5.56 Å². The number of ether oxygens (including phenoxy) is 1. The van der Waals surface area contributed by atoms with Crippen LogP contribution in [0.2, 0.25) is 0 Å². The Kier molecular flexibility index (Phi) is 4.94. The molecule has 0 bridgehead atoms. The molecule has 0 aliphatic carbocycles. The van der Waals surface area contributed by atoms with E-state index in [9.17, 15) is 9.59 Å². The number of piperazine rings is 1. The lowest BCUT2D eigenvalue weighted by Gasteiger charge is -2.32. The summed E-state index contributed by atoms with van der Waals surface area (Å²) in [5, 5.41) is 13.2. The fourth-order valence-electron chi connectivity index (χ4n) is 3.11. The molecule has 1 amide bonds. The van der Waals surface area contributed by atoms with E-state index in [1.165, 1.54) is 15.8 Å². The van der Waals surface area contributed by atoms with Gasteiger partial charge in [0.15, 0.2) is 0 Å². The molecule has 4 rings (SSSR count). The molecule has 0 spiro atoms. The summed E-state index contributed by atoms with van der Waals surface area (Å²) >= 11 is 0. The minimum absolute atomic E-state index is 0.0370. The molecule has 1 aromatic carbocycles. The molecule has 146 valence electrons. The predicted octanol–water partition coefficient (Wildman–Crippen LogP) is 1.09. The molecule has 0 unspecified atom stereocenters. The summed E-state index contributed by atoms with van der Waals surface area (Å²) in [7, 11) is 0. The molecule has 10 nitrogen and oxygen atoms in total. The molecule has 10 heteroatoms. The predicted molar refractivity (Wildman–Crippen MR) is 101 cm³/mol. The number of hydrogen-bond acceptors (Lipinski definition) is 6. The number of rotatable bonds is 5. The molecular formula is C18H20N6O4. The van der Waals surface area contributed by atoms with Crippen LogP contribution in [-0.2, 0) is 18.1 Å². The molecule has 1 aliphatic heterocycles. The van der Waals surface area contributed by atoms with Gasteiger partial charge in [0.25, 0.3) is 5.56 Å². The summed E-state index contributed by atoms with van der Waals surface area (Å²) in [5.41, 5.74) is 1.53. The van der Waals surface area contributed by atoms with Gasteiger partial charge in [-0.25, -0.2) is 14.5 Å². The Labute approximate surface area is 160 Å². The maximum absolute atomic E-state index is 12.7. The Bertz CT molecular complexity index is 1020. The first-order valence-electron chi connectivity index (χ1n) is 8.92. The summed E-state index contributed by atoms with van der Waals surface area (Å²) in [6, 6.07) is 9.69. The summed E-state index contributed by atoms with van der Waals surface area (Å²) < 4.78 is 6.83. The van der Waals surface area contributed by atoms with Crippen molar-refractivity contribution in [2.75, 3.05) is 31.1 Å². The lowest BCUT2D eigenvalue weighted by Crippen LogP contribution is -2.48. The molecule has 2 N–H and O–H groups in total. The fraction of sp³-hybridized carbons (Fsp3) is 0.333. The summed E-state index contributed by atoms with van der Waals surface area (Å²) in [5.74, 6) is 0.543. The lowest BCUT2D eigenvalue weighted by atomic mass is 10.2. The number of imidazole rings is 1. The van der Waals surface area contributed by atoms with Crippen molar-refractivity contribution in [2.45, 2.75) is 13.3 Å². The third-order valence-corrected chi connectivity index (χ3v) is 4.66. The van der Waals surface area contributed by atoms with Gasteiger partial charge < -0.3 is 24.6 Å². The maximum atomic E-state index is 12.7. The Balaban J connectivity index is 1.46. The highest BCUT2D eigenvalue weighted by Crippen LogP contribution is 2.16. The van der Waals surface area contributed by atoms with Gasteiger partial charge in [-0.3, -0.25) is 4.79 Å². The van der Waals surface area contributed by atoms with Crippen LogP contribution >= 0.6 is 0 Å². The Morgan fingerprint density at radius 2 is 1.93 bits per heavy atom. The van der Waals surface area contributed by atoms with E-state index in [4.69, 9.17) is 9.84 Å². The Hall–Kier alpha value is -3.40. The van der Waals surface area contributed by atoms with Crippen LogP contribution in [0.3, 0.4) is 0 Å². The average molecular weight is 384 g/mol. The van der Waals surface area contributed by atoms with Crippen molar-refractivity contribution < 1.29 is 14.6 Å². The van der Waals surface area contributed by atoms with Gasteiger partial charge in [0.1, 0.15) is 17.8 Å². The zero-order valence-electron chi connectivity index (χ0n) is 15.1. The molecule has 3 aromatic rings. The summed E-state index contributed by atoms with van der Waals surface area (Å²) in [6.07, 6.45) is 0.600. The molecule has 3 heterocycles. The number of amides is 1. The van der Waals surface area contributed by atoms with Crippen LogP contribution in [0, 0.1) is 0 Å². The average Bonchev–Trinajstić information content (AvgIpc) is 3.16. The molecule has 28 heavy (non-hydrogen) atoms. The number of aromatic amines is 1. The van der Waals surface area contributed by atoms with Crippen LogP contribution < -0.4 is 10.5 Å². The SMILES string of the molecule is O=C(O)N1CCN(c2nc3cnn(COCc4ccccc4)c(=O)c3[nH]2)CC1. The number of anilines is 1. The maximum Gasteiger partial charge on any atom is 0.407 e. The van der Waals surface area contributed by atoms with E-state index in [0.717, 1.165) is 5.56 Å². The molecule has 2 aromatic heterocycles. The van der Waals surface area contributed by atoms with E-state index in [0.29, 0.717) is 49.8 Å². The van der Waals surface area contributed by atoms with E-state index >= 15 is 0 Å². The second kappa shape index (κ2) is 7.69. The van der Waals surface area contributed by atoms with Crippen LogP contribution in [0.15, 0.2) is 41.3 Å². The van der Waals surface area contributed by atoms with Gasteiger partial charge in [0.2, 0.25) is 5.95 Å². The fourth-order valence-corrected chi connectivity index (χ4v) is 3.11. The summed E-state index contributed by atoms with van der Waals surface area (Å²) in [4.78, 5) is 34.4. The van der Waals surface area contributed by atoms with Crippen molar-refractivity contribution in [1.29, 1.82) is 0 Å². The highest BCUT2D eigenvalue weighted by Gasteiger charge is 2.23. The van der Waals surface area contributed by atoms with E-state index in [1.54, 1.807) is 0 Å². The number of carboxylic acid groups (broad SMARTS) is 1. The minimum atomic E-state index is -0.924. The molecule has 1 aliphatic rings. The van der Waals surface area contributed by atoms with Gasteiger partial charge in [-0.1, -0.05) is 30.3 Å². The number of nitrogens with one attached hydrogen (secondary N) is 1. The van der Waals surface area contributed by atoms with Crippen molar-refractivity contribution in [1.82, 2.24) is 24.6 Å². The van der Waals surface area contributed by atoms with E-state index < -0.39 is 6.09 Å². The number of H-pyrrole nitrogens is 1. The smallest absolute Gasteiger partial charge is 0.407 e. The van der Waals surface area contributed by atoms with Crippen LogP contribution in [-0.4, -0.2) is 62.0 Å². The van der Waals surface area contributed by atoms with Crippen molar-refractivity contribution in [3.8, 4) is 0 Å². The number of nitrogens with zero attached hydrogens (tertiary/aromatic N) is 5. The number of carbonyl (C=O) groups is 1. The van der Waals surface area contributed by atoms with Crippen molar-refractivity contribution in [3.63, 3.8) is 0 Å². The third-order valence-electron chi connectivity index (χ3n) is 4.66. The van der Waals surface area contributed by atoms with Gasteiger partial charge in [0, 0.05) is 26.2 Å². The highest BCUT2D eigenvalue weighted by molar-refractivity contribution is 5.75. The molecule has 0 saturated carbocycles. The van der Waals surface area contributed by atoms with E-state index in [2.05, 4.69) is 15.1 Å². The van der Waals surface area contributed by atoms with Crippen LogP contribution in [0.1, 0.15) is 5.56 Å². The van der Waals surface area contributed by atoms with Gasteiger partial charge >= 0.3 is 6.09 Å². The van der Waals surface area contributed by atoms with Crippen LogP contribution in [0.4, 0.5) is 10.7 Å². The first-order valence-corrected chi connectivity index (χ1v) is 8.92. The van der Waals surface area contributed by atoms with Crippen molar-refractivity contribution in [2.24, 2.45) is 0 Å². The normalized spacial score (nSPS) is 14.6. The standard InChI is InChI=1S/C18H20N6O4/c25-16-15-14(10-19-24(16)12-28-11-13-4-2-1-3-5-13)20-17(21-15)22-6-8-23(9-7-22)18(26)27/h1-5,10H,6-9,11-12H2,(H,20,21)(H,26,27). The molecule has 0 radical (unpaired) electrons. The van der Waals surface area contributed by atoms with Crippen LogP contribution in [0.25, 0.3) is 11.0 Å². The lowest BCUT2D eigenvalue weighted by molar-refractivity contribution is 0.0532. The Morgan fingerprint density at radius 1 is 1.18 bits per heavy atom. The van der Waals surface area contributed by atoms with Crippen molar-refractivity contribution >= 4 is 23.1 Å². The number of fused-ring (bicyclic) bond motifs is 1. The van der Waals surface area contributed by atoms with Gasteiger partial charge in [-0.15, -0.1) is 0 Å². The minimum Gasteiger partial charge on any atom is -0.465 e. The Morgan fingerprint density at radius 3 is 2.64 bits per heavy atom. The molecule has 0 atom stereocenters. The molecular weight excluding hydrogens is 364 g/mol. The third kappa shape index (κ3) is 3.67. The number of hydrogen-bond donors (Lipinski definition) is 2. The number of benzene rings is 1. The van der Waals surface area contributed by atoms with Crippen molar-refractivity contribution in [3.05, 3.63) is 52.4 Å². The van der Waals surface area contributed by atoms with Crippen LogP contribution in [0.5, 0.6) is 0 Å².